The summed E-state index contributed by atoms with van der Waals surface area (Å²) in [6, 6.07) is 8.33. The van der Waals surface area contributed by atoms with Crippen LogP contribution in [0.25, 0.3) is 0 Å². The molecule has 1 aromatic rings. The highest BCUT2D eigenvalue weighted by molar-refractivity contribution is 5.75. The SMILES string of the molecule is CCCCCCCCCCCCC(=O)NCc1ccc(C)cc1. The molecule has 1 amide bonds. The number of rotatable bonds is 13. The Kier molecular flexibility index (Phi) is 11.3. The van der Waals surface area contributed by atoms with Gasteiger partial charge in [0, 0.05) is 13.0 Å². The maximum absolute atomic E-state index is 11.8. The zero-order valence-electron chi connectivity index (χ0n) is 15.2. The largest absolute Gasteiger partial charge is 0.352 e. The van der Waals surface area contributed by atoms with Crippen LogP contribution in [-0.2, 0) is 11.3 Å². The van der Waals surface area contributed by atoms with Gasteiger partial charge in [-0.2, -0.15) is 0 Å². The summed E-state index contributed by atoms with van der Waals surface area (Å²) >= 11 is 0. The fourth-order valence-corrected chi connectivity index (χ4v) is 2.77. The second-order valence-electron chi connectivity index (χ2n) is 6.69. The zero-order valence-corrected chi connectivity index (χ0v) is 15.2. The van der Waals surface area contributed by atoms with Crippen LogP contribution < -0.4 is 5.32 Å². The van der Waals surface area contributed by atoms with Gasteiger partial charge < -0.3 is 5.32 Å². The van der Waals surface area contributed by atoms with Crippen LogP contribution in [0.1, 0.15) is 88.7 Å². The lowest BCUT2D eigenvalue weighted by Crippen LogP contribution is -2.22. The van der Waals surface area contributed by atoms with Crippen molar-refractivity contribution in [2.75, 3.05) is 0 Å². The number of carbonyl (C=O) groups excluding carboxylic acids is 1. The molecule has 0 saturated carbocycles. The van der Waals surface area contributed by atoms with E-state index >= 15 is 0 Å². The fourth-order valence-electron chi connectivity index (χ4n) is 2.77. The Morgan fingerprint density at radius 1 is 0.826 bits per heavy atom. The van der Waals surface area contributed by atoms with Crippen molar-refractivity contribution in [3.63, 3.8) is 0 Å². The maximum atomic E-state index is 11.8. The number of hydrogen-bond acceptors (Lipinski definition) is 1. The topological polar surface area (TPSA) is 29.1 Å². The van der Waals surface area contributed by atoms with Gasteiger partial charge in [-0.25, -0.2) is 0 Å². The number of nitrogens with one attached hydrogen (secondary N) is 1. The number of hydrogen-bond donors (Lipinski definition) is 1. The Bertz CT molecular complexity index is 410. The predicted molar refractivity (Wildman–Crippen MR) is 99.5 cm³/mol. The summed E-state index contributed by atoms with van der Waals surface area (Å²) in [4.78, 5) is 11.8. The lowest BCUT2D eigenvalue weighted by Gasteiger charge is -2.06. The van der Waals surface area contributed by atoms with Crippen molar-refractivity contribution >= 4 is 5.91 Å². The minimum atomic E-state index is 0.185. The van der Waals surface area contributed by atoms with Gasteiger partial charge in [-0.05, 0) is 18.9 Å². The molecule has 0 atom stereocenters. The van der Waals surface area contributed by atoms with Crippen LogP contribution in [0.5, 0.6) is 0 Å². The molecule has 0 fully saturated rings. The van der Waals surface area contributed by atoms with Crippen LogP contribution in [0.15, 0.2) is 24.3 Å². The van der Waals surface area contributed by atoms with Crippen LogP contribution in [-0.4, -0.2) is 5.91 Å². The van der Waals surface area contributed by atoms with E-state index in [9.17, 15) is 4.79 Å². The number of aryl methyl sites for hydroxylation is 1. The Labute approximate surface area is 143 Å². The Balaban J connectivity index is 1.91. The molecule has 0 aliphatic rings. The molecule has 0 aliphatic carbocycles. The molecule has 0 heterocycles. The van der Waals surface area contributed by atoms with Gasteiger partial charge in [0.15, 0.2) is 0 Å². The van der Waals surface area contributed by atoms with Crippen molar-refractivity contribution in [2.24, 2.45) is 0 Å². The molecule has 0 radical (unpaired) electrons. The molecule has 0 spiro atoms. The van der Waals surface area contributed by atoms with Crippen molar-refractivity contribution in [3.05, 3.63) is 35.4 Å². The summed E-state index contributed by atoms with van der Waals surface area (Å²) in [6.07, 6.45) is 13.7. The first kappa shape index (κ1) is 19.7. The third-order valence-electron chi connectivity index (χ3n) is 4.37. The van der Waals surface area contributed by atoms with Crippen molar-refractivity contribution in [1.82, 2.24) is 5.32 Å². The van der Waals surface area contributed by atoms with Crippen LogP contribution in [0.3, 0.4) is 0 Å². The van der Waals surface area contributed by atoms with Crippen LogP contribution in [0.4, 0.5) is 0 Å². The van der Waals surface area contributed by atoms with Gasteiger partial charge >= 0.3 is 0 Å². The van der Waals surface area contributed by atoms with E-state index in [1.807, 2.05) is 0 Å². The Morgan fingerprint density at radius 3 is 1.91 bits per heavy atom. The van der Waals surface area contributed by atoms with Gasteiger partial charge in [0.25, 0.3) is 0 Å². The molecule has 2 heteroatoms. The standard InChI is InChI=1S/C21H35NO/c1-3-4-5-6-7-8-9-10-11-12-13-21(23)22-18-20-16-14-19(2)15-17-20/h14-17H,3-13,18H2,1-2H3,(H,22,23). The van der Waals surface area contributed by atoms with Gasteiger partial charge in [-0.15, -0.1) is 0 Å². The van der Waals surface area contributed by atoms with Crippen molar-refractivity contribution < 1.29 is 4.79 Å². The first-order valence-electron chi connectivity index (χ1n) is 9.54. The van der Waals surface area contributed by atoms with E-state index in [1.54, 1.807) is 0 Å². The van der Waals surface area contributed by atoms with E-state index in [-0.39, 0.29) is 5.91 Å². The summed E-state index contributed by atoms with van der Waals surface area (Å²) < 4.78 is 0. The normalized spacial score (nSPS) is 10.7. The molecule has 1 aromatic carbocycles. The van der Waals surface area contributed by atoms with Crippen molar-refractivity contribution in [1.29, 1.82) is 0 Å². The molecule has 1 N–H and O–H groups in total. The highest BCUT2D eigenvalue weighted by Gasteiger charge is 2.01. The average molecular weight is 318 g/mol. The van der Waals surface area contributed by atoms with Gasteiger partial charge in [0.05, 0.1) is 0 Å². The number of benzene rings is 1. The lowest BCUT2D eigenvalue weighted by atomic mass is 10.1. The van der Waals surface area contributed by atoms with Crippen LogP contribution >= 0.6 is 0 Å². The van der Waals surface area contributed by atoms with Gasteiger partial charge in [-0.3, -0.25) is 4.79 Å². The van der Waals surface area contributed by atoms with E-state index in [2.05, 4.69) is 43.4 Å². The van der Waals surface area contributed by atoms with Crippen molar-refractivity contribution in [3.8, 4) is 0 Å². The average Bonchev–Trinajstić information content (AvgIpc) is 2.56. The lowest BCUT2D eigenvalue weighted by molar-refractivity contribution is -0.121. The molecule has 0 saturated heterocycles. The summed E-state index contributed by atoms with van der Waals surface area (Å²) in [5.41, 5.74) is 2.43. The highest BCUT2D eigenvalue weighted by Crippen LogP contribution is 2.11. The van der Waals surface area contributed by atoms with Crippen LogP contribution in [0.2, 0.25) is 0 Å². The first-order valence-corrected chi connectivity index (χ1v) is 9.54. The number of amides is 1. The quantitative estimate of drug-likeness (QED) is 0.449. The van der Waals surface area contributed by atoms with E-state index in [4.69, 9.17) is 0 Å². The summed E-state index contributed by atoms with van der Waals surface area (Å²) in [6.45, 7) is 4.99. The second kappa shape index (κ2) is 13.2. The smallest absolute Gasteiger partial charge is 0.220 e. The Morgan fingerprint density at radius 2 is 1.35 bits per heavy atom. The second-order valence-corrected chi connectivity index (χ2v) is 6.69. The van der Waals surface area contributed by atoms with E-state index in [1.165, 1.54) is 68.9 Å². The molecule has 0 bridgehead atoms. The fraction of sp³-hybridized carbons (Fsp3) is 0.667. The van der Waals surface area contributed by atoms with Crippen LogP contribution in [0, 0.1) is 6.92 Å². The van der Waals surface area contributed by atoms with E-state index in [0.717, 1.165) is 6.42 Å². The summed E-state index contributed by atoms with van der Waals surface area (Å²) in [7, 11) is 0. The maximum Gasteiger partial charge on any atom is 0.220 e. The first-order chi connectivity index (χ1) is 11.2. The molecular weight excluding hydrogens is 282 g/mol. The highest BCUT2D eigenvalue weighted by atomic mass is 16.1. The summed E-state index contributed by atoms with van der Waals surface area (Å²) in [5, 5.41) is 3.01. The Hall–Kier alpha value is -1.31. The molecule has 2 nitrogen and oxygen atoms in total. The number of unbranched alkanes of at least 4 members (excludes halogenated alkanes) is 9. The molecule has 0 unspecified atom stereocenters. The predicted octanol–water partition coefficient (Wildman–Crippen LogP) is 5.92. The molecular formula is C21H35NO. The van der Waals surface area contributed by atoms with E-state index < -0.39 is 0 Å². The third kappa shape index (κ3) is 11.0. The number of carbonyl (C=O) groups is 1. The van der Waals surface area contributed by atoms with Gasteiger partial charge in [0.2, 0.25) is 5.91 Å². The molecule has 0 aromatic heterocycles. The molecule has 1 rings (SSSR count). The minimum absolute atomic E-state index is 0.185. The third-order valence-corrected chi connectivity index (χ3v) is 4.37. The zero-order chi connectivity index (χ0) is 16.8. The molecule has 0 aliphatic heterocycles. The minimum Gasteiger partial charge on any atom is -0.352 e. The summed E-state index contributed by atoms with van der Waals surface area (Å²) in [5.74, 6) is 0.185. The van der Waals surface area contributed by atoms with Gasteiger partial charge in [0.1, 0.15) is 0 Å². The monoisotopic (exact) mass is 317 g/mol. The van der Waals surface area contributed by atoms with E-state index in [0.29, 0.717) is 13.0 Å². The van der Waals surface area contributed by atoms with Crippen molar-refractivity contribution in [2.45, 2.75) is 91.0 Å². The molecule has 130 valence electrons. The molecule has 23 heavy (non-hydrogen) atoms. The van der Waals surface area contributed by atoms with Gasteiger partial charge in [-0.1, -0.05) is 94.5 Å².